The van der Waals surface area contributed by atoms with E-state index in [1.807, 2.05) is 13.8 Å². The maximum atomic E-state index is 13.0. The Bertz CT molecular complexity index is 756. The molecule has 3 N–H and O–H groups in total. The SMILES string of the molecule is CCC(N)(CC)CNC(=O)c1cccc(S(=O)(=O)N2CC(C)CC(C)C2)c1.Cl. The lowest BCUT2D eigenvalue weighted by molar-refractivity contribution is 0.0942. The number of hydrogen-bond acceptors (Lipinski definition) is 4. The minimum absolute atomic E-state index is 0. The molecule has 0 saturated carbocycles. The molecule has 0 bridgehead atoms. The monoisotopic (exact) mass is 431 g/mol. The zero-order valence-corrected chi connectivity index (χ0v) is 18.9. The summed E-state index contributed by atoms with van der Waals surface area (Å²) in [4.78, 5) is 12.7. The maximum Gasteiger partial charge on any atom is 0.251 e. The average Bonchev–Trinajstić information content (AvgIpc) is 2.65. The van der Waals surface area contributed by atoms with E-state index >= 15 is 0 Å². The molecule has 0 radical (unpaired) electrons. The van der Waals surface area contributed by atoms with Gasteiger partial charge in [0.1, 0.15) is 0 Å². The van der Waals surface area contributed by atoms with E-state index in [1.54, 1.807) is 22.5 Å². The molecule has 2 atom stereocenters. The van der Waals surface area contributed by atoms with Gasteiger partial charge in [0.2, 0.25) is 10.0 Å². The predicted octanol–water partition coefficient (Wildman–Crippen LogP) is 3.02. The van der Waals surface area contributed by atoms with Crippen LogP contribution in [-0.4, -0.2) is 43.8 Å². The molecule has 0 aromatic heterocycles. The molecule has 1 aliphatic rings. The maximum absolute atomic E-state index is 13.0. The standard InChI is InChI=1S/C20H33N3O3S.ClH/c1-5-20(21,6-2)14-22-19(24)17-8-7-9-18(11-17)27(25,26)23-12-15(3)10-16(4)13-23;/h7-9,11,15-16H,5-6,10,12-14,21H2,1-4H3,(H,22,24);1H. The van der Waals surface area contributed by atoms with E-state index in [1.165, 1.54) is 6.07 Å². The van der Waals surface area contributed by atoms with Crippen LogP contribution in [0.4, 0.5) is 0 Å². The van der Waals surface area contributed by atoms with Crippen molar-refractivity contribution in [3.63, 3.8) is 0 Å². The Morgan fingerprint density at radius 2 is 1.79 bits per heavy atom. The van der Waals surface area contributed by atoms with E-state index in [0.717, 1.165) is 19.3 Å². The fraction of sp³-hybridized carbons (Fsp3) is 0.650. The second-order valence-corrected chi connectivity index (χ2v) is 9.99. The van der Waals surface area contributed by atoms with Gasteiger partial charge in [-0.25, -0.2) is 8.42 Å². The number of nitrogens with two attached hydrogens (primary N) is 1. The normalized spacial score (nSPS) is 21.0. The molecule has 1 aliphatic heterocycles. The second kappa shape index (κ2) is 10.1. The Hall–Kier alpha value is -1.15. The molecule has 1 aromatic carbocycles. The number of nitrogens with one attached hydrogen (secondary N) is 1. The third-order valence-electron chi connectivity index (χ3n) is 5.58. The van der Waals surface area contributed by atoms with Gasteiger partial charge >= 0.3 is 0 Å². The van der Waals surface area contributed by atoms with Crippen molar-refractivity contribution in [3.05, 3.63) is 29.8 Å². The summed E-state index contributed by atoms with van der Waals surface area (Å²) in [6.45, 7) is 9.52. The molecule has 0 spiro atoms. The van der Waals surface area contributed by atoms with Crippen molar-refractivity contribution < 1.29 is 13.2 Å². The van der Waals surface area contributed by atoms with Crippen LogP contribution in [0.1, 0.15) is 57.3 Å². The minimum Gasteiger partial charge on any atom is -0.350 e. The fourth-order valence-corrected chi connectivity index (χ4v) is 5.33. The number of nitrogens with zero attached hydrogens (tertiary/aromatic N) is 1. The van der Waals surface area contributed by atoms with Crippen LogP contribution in [0.3, 0.4) is 0 Å². The molecule has 1 aromatic rings. The van der Waals surface area contributed by atoms with Crippen molar-refractivity contribution >= 4 is 28.3 Å². The number of benzene rings is 1. The number of amides is 1. The lowest BCUT2D eigenvalue weighted by Gasteiger charge is -2.34. The van der Waals surface area contributed by atoms with Crippen LogP contribution in [-0.2, 0) is 10.0 Å². The van der Waals surface area contributed by atoms with Gasteiger partial charge in [-0.3, -0.25) is 4.79 Å². The van der Waals surface area contributed by atoms with E-state index in [-0.39, 0.29) is 23.2 Å². The van der Waals surface area contributed by atoms with Crippen LogP contribution in [0.2, 0.25) is 0 Å². The van der Waals surface area contributed by atoms with Crippen LogP contribution >= 0.6 is 12.4 Å². The summed E-state index contributed by atoms with van der Waals surface area (Å²) >= 11 is 0. The second-order valence-electron chi connectivity index (χ2n) is 8.05. The molecule has 8 heteroatoms. The van der Waals surface area contributed by atoms with Gasteiger partial charge in [-0.1, -0.05) is 33.8 Å². The van der Waals surface area contributed by atoms with Gasteiger partial charge in [0.05, 0.1) is 4.90 Å². The molecule has 1 heterocycles. The highest BCUT2D eigenvalue weighted by molar-refractivity contribution is 7.89. The first-order valence-electron chi connectivity index (χ1n) is 9.78. The number of piperidine rings is 1. The number of rotatable bonds is 7. The lowest BCUT2D eigenvalue weighted by Crippen LogP contribution is -2.49. The van der Waals surface area contributed by atoms with Crippen LogP contribution in [0, 0.1) is 11.8 Å². The first-order chi connectivity index (χ1) is 12.6. The van der Waals surface area contributed by atoms with Gasteiger partial charge in [-0.2, -0.15) is 4.31 Å². The Balaban J connectivity index is 0.00000392. The van der Waals surface area contributed by atoms with E-state index in [9.17, 15) is 13.2 Å². The first-order valence-corrected chi connectivity index (χ1v) is 11.2. The van der Waals surface area contributed by atoms with Gasteiger partial charge < -0.3 is 11.1 Å². The fourth-order valence-electron chi connectivity index (χ4n) is 3.61. The zero-order chi connectivity index (χ0) is 20.2. The Morgan fingerprint density at radius 1 is 1.21 bits per heavy atom. The van der Waals surface area contributed by atoms with Crippen LogP contribution in [0.15, 0.2) is 29.2 Å². The molecule has 2 rings (SSSR count). The van der Waals surface area contributed by atoms with Gasteiger partial charge in [0.25, 0.3) is 5.91 Å². The van der Waals surface area contributed by atoms with E-state index < -0.39 is 15.6 Å². The van der Waals surface area contributed by atoms with Crippen molar-refractivity contribution in [1.82, 2.24) is 9.62 Å². The average molecular weight is 432 g/mol. The third kappa shape index (κ3) is 5.92. The van der Waals surface area contributed by atoms with Crippen molar-refractivity contribution in [2.75, 3.05) is 19.6 Å². The number of halogens is 1. The lowest BCUT2D eigenvalue weighted by atomic mass is 9.94. The quantitative estimate of drug-likeness (QED) is 0.693. The van der Waals surface area contributed by atoms with Crippen molar-refractivity contribution in [2.45, 2.75) is 57.4 Å². The van der Waals surface area contributed by atoms with Crippen LogP contribution in [0.25, 0.3) is 0 Å². The highest BCUT2D eigenvalue weighted by atomic mass is 35.5. The number of carbonyl (C=O) groups excluding carboxylic acids is 1. The number of sulfonamides is 1. The molecule has 0 aliphatic carbocycles. The molecular weight excluding hydrogens is 398 g/mol. The number of hydrogen-bond donors (Lipinski definition) is 2. The summed E-state index contributed by atoms with van der Waals surface area (Å²) in [7, 11) is -3.61. The summed E-state index contributed by atoms with van der Waals surface area (Å²) < 4.78 is 27.6. The molecule has 2 unspecified atom stereocenters. The summed E-state index contributed by atoms with van der Waals surface area (Å²) in [5.41, 5.74) is 6.12. The van der Waals surface area contributed by atoms with Crippen LogP contribution in [0.5, 0.6) is 0 Å². The molecule has 28 heavy (non-hydrogen) atoms. The number of carbonyl (C=O) groups is 1. The molecular formula is C20H34ClN3O3S. The topological polar surface area (TPSA) is 92.5 Å². The molecule has 160 valence electrons. The smallest absolute Gasteiger partial charge is 0.251 e. The van der Waals surface area contributed by atoms with Crippen LogP contribution < -0.4 is 11.1 Å². The van der Waals surface area contributed by atoms with Gasteiger partial charge in [-0.15, -0.1) is 12.4 Å². The highest BCUT2D eigenvalue weighted by Crippen LogP contribution is 2.27. The van der Waals surface area contributed by atoms with Crippen molar-refractivity contribution in [3.8, 4) is 0 Å². The van der Waals surface area contributed by atoms with Gasteiger partial charge in [-0.05, 0) is 49.3 Å². The molecule has 6 nitrogen and oxygen atoms in total. The summed E-state index contributed by atoms with van der Waals surface area (Å²) in [6, 6.07) is 6.27. The predicted molar refractivity (Wildman–Crippen MR) is 115 cm³/mol. The summed E-state index contributed by atoms with van der Waals surface area (Å²) in [5, 5.41) is 2.84. The highest BCUT2D eigenvalue weighted by Gasteiger charge is 2.32. The zero-order valence-electron chi connectivity index (χ0n) is 17.3. The molecule has 1 amide bonds. The summed E-state index contributed by atoms with van der Waals surface area (Å²) in [5.74, 6) is 0.357. The van der Waals surface area contributed by atoms with E-state index in [0.29, 0.717) is 37.0 Å². The largest absolute Gasteiger partial charge is 0.350 e. The first kappa shape index (κ1) is 24.9. The Labute approximate surface area is 175 Å². The Morgan fingerprint density at radius 3 is 2.32 bits per heavy atom. The van der Waals surface area contributed by atoms with Gasteiger partial charge in [0, 0.05) is 30.7 Å². The Kier molecular flexibility index (Phi) is 8.93. The van der Waals surface area contributed by atoms with Gasteiger partial charge in [0.15, 0.2) is 0 Å². The van der Waals surface area contributed by atoms with Crippen molar-refractivity contribution in [2.24, 2.45) is 17.6 Å². The molecule has 1 saturated heterocycles. The summed E-state index contributed by atoms with van der Waals surface area (Å²) in [6.07, 6.45) is 2.54. The van der Waals surface area contributed by atoms with E-state index in [2.05, 4.69) is 19.2 Å². The molecule has 1 fully saturated rings. The minimum atomic E-state index is -3.61. The van der Waals surface area contributed by atoms with Crippen molar-refractivity contribution in [1.29, 1.82) is 0 Å². The third-order valence-corrected chi connectivity index (χ3v) is 7.41. The van der Waals surface area contributed by atoms with E-state index in [4.69, 9.17) is 5.73 Å².